The number of phenolic OH excluding ortho intramolecular Hbond substituents is 1. The number of carbonyl (C=O) groups is 1. The van der Waals surface area contributed by atoms with Crippen molar-refractivity contribution in [1.82, 2.24) is 5.43 Å². The summed E-state index contributed by atoms with van der Waals surface area (Å²) in [6.45, 7) is 0.0785. The van der Waals surface area contributed by atoms with Crippen LogP contribution in [0.25, 0.3) is 0 Å². The Labute approximate surface area is 186 Å². The number of nitrogens with zero attached hydrogens (tertiary/aromatic N) is 3. The minimum Gasteiger partial charge on any atom is -0.507 e. The molecule has 1 aliphatic heterocycles. The molecule has 0 fully saturated rings. The number of fused-ring (bicyclic) bond motifs is 1. The summed E-state index contributed by atoms with van der Waals surface area (Å²) in [7, 11) is 0. The van der Waals surface area contributed by atoms with Gasteiger partial charge in [0.1, 0.15) is 12.4 Å². The van der Waals surface area contributed by atoms with Crippen molar-refractivity contribution in [3.05, 3.63) is 76.8 Å². The number of nitrogens with one attached hydrogen (secondary N) is 1. The van der Waals surface area contributed by atoms with Gasteiger partial charge in [0.2, 0.25) is 6.10 Å². The summed E-state index contributed by atoms with van der Waals surface area (Å²) in [4.78, 5) is 12.3. The molecule has 1 atom stereocenters. The number of hydrazone groups is 1. The maximum atomic E-state index is 12.3. The minimum atomic E-state index is -0.828. The van der Waals surface area contributed by atoms with Crippen molar-refractivity contribution < 1.29 is 19.4 Å². The van der Waals surface area contributed by atoms with Gasteiger partial charge in [-0.1, -0.05) is 34.1 Å². The predicted molar refractivity (Wildman–Crippen MR) is 119 cm³/mol. The Bertz CT molecular complexity index is 1170. The largest absolute Gasteiger partial charge is 0.507 e. The van der Waals surface area contributed by atoms with Gasteiger partial charge in [-0.25, -0.2) is 5.43 Å². The number of hydrogen-bond acceptors (Lipinski definition) is 7. The predicted octanol–water partition coefficient (Wildman–Crippen LogP) is 4.86. The fourth-order valence-electron chi connectivity index (χ4n) is 2.75. The Morgan fingerprint density at radius 3 is 2.61 bits per heavy atom. The van der Waals surface area contributed by atoms with E-state index in [1.54, 1.807) is 30.3 Å². The zero-order chi connectivity index (χ0) is 21.6. The van der Waals surface area contributed by atoms with E-state index in [-0.39, 0.29) is 12.4 Å². The first-order chi connectivity index (χ1) is 15.1. The van der Waals surface area contributed by atoms with Gasteiger partial charge in [-0.3, -0.25) is 4.79 Å². The third-order valence-electron chi connectivity index (χ3n) is 4.28. The van der Waals surface area contributed by atoms with E-state index in [2.05, 4.69) is 36.7 Å². The summed E-state index contributed by atoms with van der Waals surface area (Å²) in [6, 6.07) is 19.2. The van der Waals surface area contributed by atoms with Gasteiger partial charge in [0.05, 0.1) is 17.6 Å². The van der Waals surface area contributed by atoms with Crippen LogP contribution in [0.4, 0.5) is 11.4 Å². The van der Waals surface area contributed by atoms with Gasteiger partial charge in [-0.05, 0) is 48.5 Å². The van der Waals surface area contributed by atoms with Crippen LogP contribution in [0.15, 0.2) is 86.5 Å². The van der Waals surface area contributed by atoms with Gasteiger partial charge in [-0.15, -0.1) is 0 Å². The highest BCUT2D eigenvalue weighted by Crippen LogP contribution is 2.31. The number of rotatable bonds is 5. The highest BCUT2D eigenvalue weighted by molar-refractivity contribution is 9.10. The van der Waals surface area contributed by atoms with Crippen LogP contribution in [0, 0.1) is 0 Å². The van der Waals surface area contributed by atoms with Crippen LogP contribution in [0.3, 0.4) is 0 Å². The van der Waals surface area contributed by atoms with Crippen molar-refractivity contribution in [2.75, 3.05) is 6.61 Å². The second-order valence-electron chi connectivity index (χ2n) is 6.52. The van der Waals surface area contributed by atoms with Crippen molar-refractivity contribution >= 4 is 39.4 Å². The molecule has 31 heavy (non-hydrogen) atoms. The molecule has 156 valence electrons. The molecule has 0 spiro atoms. The van der Waals surface area contributed by atoms with E-state index in [0.717, 1.165) is 4.47 Å². The number of hydrogen-bond donors (Lipinski definition) is 2. The summed E-state index contributed by atoms with van der Waals surface area (Å²) in [6.07, 6.45) is 0.495. The third-order valence-corrected chi connectivity index (χ3v) is 4.77. The first kappa shape index (κ1) is 20.5. The molecule has 1 amide bonds. The monoisotopic (exact) mass is 480 g/mol. The Morgan fingerprint density at radius 2 is 1.81 bits per heavy atom. The molecule has 2 N–H and O–H groups in total. The van der Waals surface area contributed by atoms with Crippen LogP contribution in [0.2, 0.25) is 0 Å². The molecule has 1 aliphatic rings. The molecule has 0 saturated heterocycles. The number of halogens is 1. The van der Waals surface area contributed by atoms with Gasteiger partial charge in [0, 0.05) is 10.0 Å². The van der Waals surface area contributed by atoms with E-state index in [9.17, 15) is 9.90 Å². The zero-order valence-electron chi connectivity index (χ0n) is 16.1. The Hall–Kier alpha value is -3.72. The molecule has 0 saturated carbocycles. The highest BCUT2D eigenvalue weighted by atomic mass is 79.9. The van der Waals surface area contributed by atoms with Crippen LogP contribution < -0.4 is 14.9 Å². The van der Waals surface area contributed by atoms with Crippen LogP contribution in [0.1, 0.15) is 5.56 Å². The first-order valence-electron chi connectivity index (χ1n) is 9.30. The van der Waals surface area contributed by atoms with Gasteiger partial charge in [-0.2, -0.15) is 15.3 Å². The van der Waals surface area contributed by atoms with Gasteiger partial charge < -0.3 is 14.6 Å². The molecule has 3 aromatic rings. The molecule has 1 heterocycles. The van der Waals surface area contributed by atoms with Crippen LogP contribution in [-0.2, 0) is 4.79 Å². The molecule has 0 aromatic heterocycles. The molecule has 0 aliphatic carbocycles. The Balaban J connectivity index is 1.39. The number of azo groups is 1. The van der Waals surface area contributed by atoms with Gasteiger partial charge >= 0.3 is 0 Å². The summed E-state index contributed by atoms with van der Waals surface area (Å²) >= 11 is 3.38. The molecule has 0 radical (unpaired) electrons. The van der Waals surface area contributed by atoms with Crippen molar-refractivity contribution in [3.63, 3.8) is 0 Å². The molecule has 0 bridgehead atoms. The van der Waals surface area contributed by atoms with Crippen molar-refractivity contribution in [3.8, 4) is 17.2 Å². The molecular formula is C22H17BrN4O4. The van der Waals surface area contributed by atoms with E-state index in [1.807, 2.05) is 30.3 Å². The lowest BCUT2D eigenvalue weighted by molar-refractivity contribution is -0.130. The number of carbonyl (C=O) groups excluding carboxylic acids is 1. The van der Waals surface area contributed by atoms with E-state index in [1.165, 1.54) is 12.3 Å². The average molecular weight is 481 g/mol. The molecule has 4 rings (SSSR count). The maximum absolute atomic E-state index is 12.3. The highest BCUT2D eigenvalue weighted by Gasteiger charge is 2.27. The van der Waals surface area contributed by atoms with Gasteiger partial charge in [0.15, 0.2) is 11.5 Å². The topological polar surface area (TPSA) is 105 Å². The summed E-state index contributed by atoms with van der Waals surface area (Å²) in [5, 5.41) is 22.3. The summed E-state index contributed by atoms with van der Waals surface area (Å²) in [5.74, 6) is 0.620. The lowest BCUT2D eigenvalue weighted by Crippen LogP contribution is -2.42. The fraction of sp³-hybridized carbons (Fsp3) is 0.0909. The number of ether oxygens (including phenoxy) is 2. The van der Waals surface area contributed by atoms with Crippen molar-refractivity contribution in [2.24, 2.45) is 15.3 Å². The number of para-hydroxylation sites is 2. The standard InChI is InChI=1S/C22H17BrN4O4/c23-15-4-3-5-16(11-15)25-26-17-8-9-18(28)14(10-17)12-24-27-22(29)21-13-30-19-6-1-2-7-20(19)31-21/h1-12,21,28H,13H2,(H,27,29)/b24-12+,26-25?/t21-/m0/s1. The van der Waals surface area contributed by atoms with E-state index < -0.39 is 12.0 Å². The Kier molecular flexibility index (Phi) is 6.23. The Morgan fingerprint density at radius 1 is 1.03 bits per heavy atom. The van der Waals surface area contributed by atoms with Crippen LogP contribution in [0.5, 0.6) is 17.2 Å². The lowest BCUT2D eigenvalue weighted by Gasteiger charge is -2.24. The number of aromatic hydroxyl groups is 1. The lowest BCUT2D eigenvalue weighted by atomic mass is 10.2. The molecular weight excluding hydrogens is 464 g/mol. The van der Waals surface area contributed by atoms with Crippen molar-refractivity contribution in [1.29, 1.82) is 0 Å². The third kappa shape index (κ3) is 5.26. The van der Waals surface area contributed by atoms with E-state index in [0.29, 0.717) is 28.4 Å². The number of amides is 1. The first-order valence-corrected chi connectivity index (χ1v) is 10.1. The average Bonchev–Trinajstić information content (AvgIpc) is 2.79. The number of phenols is 1. The second-order valence-corrected chi connectivity index (χ2v) is 7.44. The van der Waals surface area contributed by atoms with E-state index in [4.69, 9.17) is 9.47 Å². The normalized spacial score (nSPS) is 15.3. The molecule has 9 heteroatoms. The summed E-state index contributed by atoms with van der Waals surface area (Å²) in [5.41, 5.74) is 3.97. The smallest absolute Gasteiger partial charge is 0.284 e. The minimum absolute atomic E-state index is 0.00872. The number of benzene rings is 3. The van der Waals surface area contributed by atoms with Crippen molar-refractivity contribution in [2.45, 2.75) is 6.10 Å². The fourth-order valence-corrected chi connectivity index (χ4v) is 3.13. The van der Waals surface area contributed by atoms with Crippen LogP contribution >= 0.6 is 15.9 Å². The quantitative estimate of drug-likeness (QED) is 0.309. The summed E-state index contributed by atoms with van der Waals surface area (Å²) < 4.78 is 12.1. The molecule has 3 aromatic carbocycles. The maximum Gasteiger partial charge on any atom is 0.284 e. The SMILES string of the molecule is O=C(N/N=C/c1cc(N=Nc2cccc(Br)c2)ccc1O)[C@@H]1COc2ccccc2O1. The van der Waals surface area contributed by atoms with E-state index >= 15 is 0 Å². The zero-order valence-corrected chi connectivity index (χ0v) is 17.7. The molecule has 8 nitrogen and oxygen atoms in total. The second kappa shape index (κ2) is 9.40. The van der Waals surface area contributed by atoms with Crippen LogP contribution in [-0.4, -0.2) is 29.9 Å². The molecule has 0 unspecified atom stereocenters. The van der Waals surface area contributed by atoms with Gasteiger partial charge in [0.25, 0.3) is 5.91 Å².